The molecule has 0 aliphatic heterocycles. The number of hydrogen-bond acceptors (Lipinski definition) is 8. The molecule has 0 aliphatic carbocycles. The van der Waals surface area contributed by atoms with Crippen LogP contribution in [0.15, 0.2) is 122 Å². The standard InChI is InChI=1S/C21H18Cl2N4O2.C20H16Cl2N4O2/c1-24-11-13-2-4-14(5-3-13)20(28)26-18-8-6-15(22)10-17(18)21(29)27-19-9-7-16(23)12-25-19;21-14-5-7-17(25-19(27)13-3-1-12(10-23)2-4-13)16(9-14)20(28)26-18-8-6-15(22)11-24-18/h2-10,12,24H,11H2,1H3,(H,26,28)(H,25,27,29);1-9,11H,10,23H2,(H,25,27)(H,24,26,28). The van der Waals surface area contributed by atoms with E-state index in [-0.39, 0.29) is 22.9 Å². The highest BCUT2D eigenvalue weighted by molar-refractivity contribution is 6.32. The number of aromatic nitrogens is 2. The Morgan fingerprint density at radius 1 is 0.509 bits per heavy atom. The summed E-state index contributed by atoms with van der Waals surface area (Å²) in [4.78, 5) is 58.6. The molecule has 0 bridgehead atoms. The largest absolute Gasteiger partial charge is 0.326 e. The van der Waals surface area contributed by atoms with Gasteiger partial charge in [0.25, 0.3) is 23.6 Å². The molecular formula is C41H34Cl4N8O4. The number of carbonyl (C=O) groups is 4. The zero-order valence-corrected chi connectivity index (χ0v) is 33.1. The van der Waals surface area contributed by atoms with E-state index >= 15 is 0 Å². The fourth-order valence-electron chi connectivity index (χ4n) is 5.05. The summed E-state index contributed by atoms with van der Waals surface area (Å²) in [6, 6.07) is 29.8. The maximum absolute atomic E-state index is 12.7. The second kappa shape index (κ2) is 20.3. The number of anilines is 4. The van der Waals surface area contributed by atoms with Gasteiger partial charge in [-0.15, -0.1) is 0 Å². The third kappa shape index (κ3) is 12.3. The summed E-state index contributed by atoms with van der Waals surface area (Å²) in [6.07, 6.45) is 2.85. The minimum absolute atomic E-state index is 0.205. The summed E-state index contributed by atoms with van der Waals surface area (Å²) >= 11 is 23.7. The Balaban J connectivity index is 0.000000218. The Hall–Kier alpha value is -5.86. The number of hydrogen-bond donors (Lipinski definition) is 6. The van der Waals surface area contributed by atoms with Crippen LogP contribution in [0.2, 0.25) is 20.1 Å². The van der Waals surface area contributed by atoms with Crippen LogP contribution < -0.4 is 32.3 Å². The van der Waals surface area contributed by atoms with Crippen LogP contribution in [0, 0.1) is 0 Å². The number of pyridine rings is 2. The monoisotopic (exact) mass is 842 g/mol. The molecule has 6 aromatic rings. The predicted molar refractivity (Wildman–Crippen MR) is 227 cm³/mol. The highest BCUT2D eigenvalue weighted by Gasteiger charge is 2.18. The zero-order chi connectivity index (χ0) is 40.9. The van der Waals surface area contributed by atoms with E-state index in [1.807, 2.05) is 19.2 Å². The maximum atomic E-state index is 12.7. The van der Waals surface area contributed by atoms with Gasteiger partial charge in [-0.1, -0.05) is 70.7 Å². The van der Waals surface area contributed by atoms with Crippen molar-refractivity contribution in [1.82, 2.24) is 15.3 Å². The topological polar surface area (TPSA) is 180 Å². The molecule has 57 heavy (non-hydrogen) atoms. The van der Waals surface area contributed by atoms with Crippen molar-refractivity contribution in [3.8, 4) is 0 Å². The average molecular weight is 845 g/mol. The molecule has 0 radical (unpaired) electrons. The van der Waals surface area contributed by atoms with E-state index in [2.05, 4.69) is 36.6 Å². The van der Waals surface area contributed by atoms with Gasteiger partial charge in [0.2, 0.25) is 0 Å². The van der Waals surface area contributed by atoms with Crippen molar-refractivity contribution < 1.29 is 19.2 Å². The fourth-order valence-corrected chi connectivity index (χ4v) is 5.62. The first-order valence-corrected chi connectivity index (χ1v) is 18.5. The van der Waals surface area contributed by atoms with Crippen molar-refractivity contribution in [2.45, 2.75) is 13.1 Å². The van der Waals surface area contributed by atoms with Gasteiger partial charge in [-0.25, -0.2) is 9.97 Å². The van der Waals surface area contributed by atoms with Crippen LogP contribution in [0.4, 0.5) is 23.0 Å². The van der Waals surface area contributed by atoms with Crippen LogP contribution in [0.5, 0.6) is 0 Å². The average Bonchev–Trinajstić information content (AvgIpc) is 3.21. The van der Waals surface area contributed by atoms with Gasteiger partial charge < -0.3 is 32.3 Å². The van der Waals surface area contributed by atoms with E-state index in [1.165, 1.54) is 24.5 Å². The smallest absolute Gasteiger partial charge is 0.258 e. The molecule has 7 N–H and O–H groups in total. The zero-order valence-electron chi connectivity index (χ0n) is 30.1. The van der Waals surface area contributed by atoms with Crippen molar-refractivity contribution >= 4 is 93.0 Å². The summed E-state index contributed by atoms with van der Waals surface area (Å²) in [6.45, 7) is 1.10. The van der Waals surface area contributed by atoms with Crippen LogP contribution in [0.1, 0.15) is 52.6 Å². The quantitative estimate of drug-likeness (QED) is 0.0748. The molecule has 12 nitrogen and oxygen atoms in total. The van der Waals surface area contributed by atoms with Gasteiger partial charge in [-0.2, -0.15) is 0 Å². The number of nitrogens with one attached hydrogen (secondary N) is 5. The summed E-state index contributed by atoms with van der Waals surface area (Å²) in [5.41, 5.74) is 9.55. The molecule has 6 rings (SSSR count). The maximum Gasteiger partial charge on any atom is 0.258 e. The van der Waals surface area contributed by atoms with Crippen molar-refractivity contribution in [2.24, 2.45) is 5.73 Å². The van der Waals surface area contributed by atoms with Crippen LogP contribution >= 0.6 is 46.4 Å². The van der Waals surface area contributed by atoms with Crippen LogP contribution in [-0.2, 0) is 13.1 Å². The first kappa shape index (κ1) is 42.3. The van der Waals surface area contributed by atoms with E-state index in [4.69, 9.17) is 52.1 Å². The van der Waals surface area contributed by atoms with E-state index in [9.17, 15) is 19.2 Å². The van der Waals surface area contributed by atoms with Crippen LogP contribution in [0.25, 0.3) is 0 Å². The van der Waals surface area contributed by atoms with Gasteiger partial charge in [0.05, 0.1) is 32.5 Å². The molecule has 16 heteroatoms. The van der Waals surface area contributed by atoms with Crippen LogP contribution in [-0.4, -0.2) is 40.6 Å². The van der Waals surface area contributed by atoms with Crippen LogP contribution in [0.3, 0.4) is 0 Å². The van der Waals surface area contributed by atoms with Crippen molar-refractivity contribution in [1.29, 1.82) is 0 Å². The predicted octanol–water partition coefficient (Wildman–Crippen LogP) is 8.96. The number of amides is 4. The van der Waals surface area contributed by atoms with Crippen molar-refractivity contribution in [2.75, 3.05) is 28.3 Å². The lowest BCUT2D eigenvalue weighted by Crippen LogP contribution is -2.19. The Kier molecular flexibility index (Phi) is 15.1. The first-order chi connectivity index (χ1) is 27.4. The molecule has 2 heterocycles. The van der Waals surface area contributed by atoms with E-state index < -0.39 is 11.8 Å². The number of nitrogens with zero attached hydrogens (tertiary/aromatic N) is 2. The van der Waals surface area contributed by atoms with E-state index in [0.29, 0.717) is 67.3 Å². The third-order valence-electron chi connectivity index (χ3n) is 7.94. The number of nitrogens with two attached hydrogens (primary N) is 1. The van der Waals surface area contributed by atoms with Gasteiger partial charge in [-0.05, 0) is 103 Å². The fraction of sp³-hybridized carbons (Fsp3) is 0.0732. The lowest BCUT2D eigenvalue weighted by Gasteiger charge is -2.12. The number of rotatable bonds is 11. The summed E-state index contributed by atoms with van der Waals surface area (Å²) in [5.74, 6) is -0.958. The van der Waals surface area contributed by atoms with E-state index in [0.717, 1.165) is 11.1 Å². The molecule has 2 aromatic heterocycles. The van der Waals surface area contributed by atoms with E-state index in [1.54, 1.807) is 84.9 Å². The van der Waals surface area contributed by atoms with Gasteiger partial charge in [0.1, 0.15) is 11.6 Å². The molecule has 0 saturated heterocycles. The molecule has 0 fully saturated rings. The molecule has 290 valence electrons. The molecule has 0 atom stereocenters. The minimum Gasteiger partial charge on any atom is -0.326 e. The summed E-state index contributed by atoms with van der Waals surface area (Å²) < 4.78 is 0. The Morgan fingerprint density at radius 3 is 1.28 bits per heavy atom. The highest BCUT2D eigenvalue weighted by Crippen LogP contribution is 2.25. The number of halogens is 4. The Bertz CT molecular complexity index is 2360. The van der Waals surface area contributed by atoms with Gasteiger partial charge in [0.15, 0.2) is 0 Å². The minimum atomic E-state index is -0.467. The normalized spacial score (nSPS) is 10.4. The molecule has 0 saturated carbocycles. The molecule has 0 spiro atoms. The lowest BCUT2D eigenvalue weighted by atomic mass is 10.1. The van der Waals surface area contributed by atoms with Gasteiger partial charge in [0, 0.05) is 46.7 Å². The molecule has 4 aromatic carbocycles. The highest BCUT2D eigenvalue weighted by atomic mass is 35.5. The molecule has 0 unspecified atom stereocenters. The number of carbonyl (C=O) groups excluding carboxylic acids is 4. The summed E-state index contributed by atoms with van der Waals surface area (Å²) in [5, 5.41) is 15.5. The Labute approximate surface area is 348 Å². The number of benzene rings is 4. The van der Waals surface area contributed by atoms with Gasteiger partial charge in [-0.3, -0.25) is 19.2 Å². The second-order valence-corrected chi connectivity index (χ2v) is 13.8. The second-order valence-electron chi connectivity index (χ2n) is 12.0. The van der Waals surface area contributed by atoms with Crippen molar-refractivity contribution in [3.63, 3.8) is 0 Å². The molecule has 4 amide bonds. The Morgan fingerprint density at radius 2 is 0.912 bits per heavy atom. The SMILES string of the molecule is CNCc1ccc(C(=O)Nc2ccc(Cl)cc2C(=O)Nc2ccc(Cl)cn2)cc1.NCc1ccc(C(=O)Nc2ccc(Cl)cc2C(=O)Nc2ccc(Cl)cn2)cc1. The lowest BCUT2D eigenvalue weighted by molar-refractivity contribution is 0.101. The molecule has 0 aliphatic rings. The summed E-state index contributed by atoms with van der Waals surface area (Å²) in [7, 11) is 1.85. The molecular weight excluding hydrogens is 810 g/mol. The van der Waals surface area contributed by atoms with Crippen molar-refractivity contribution in [3.05, 3.63) is 175 Å². The first-order valence-electron chi connectivity index (χ1n) is 17.0. The third-order valence-corrected chi connectivity index (χ3v) is 8.85. The van der Waals surface area contributed by atoms with Gasteiger partial charge >= 0.3 is 0 Å².